The Morgan fingerprint density at radius 2 is 1.53 bits per heavy atom. The van der Waals surface area contributed by atoms with Crippen LogP contribution in [0.2, 0.25) is 0 Å². The largest absolute Gasteiger partial charge is 0.278 e. The highest BCUT2D eigenvalue weighted by molar-refractivity contribution is 5.96. The Labute approximate surface area is 184 Å². The lowest BCUT2D eigenvalue weighted by Crippen LogP contribution is -2.22. The second-order valence-corrected chi connectivity index (χ2v) is 7.65. The van der Waals surface area contributed by atoms with Gasteiger partial charge in [0.15, 0.2) is 0 Å². The van der Waals surface area contributed by atoms with Crippen LogP contribution < -0.4 is 5.56 Å². The highest BCUT2D eigenvalue weighted by atomic mass is 16.2. The third-order valence-corrected chi connectivity index (χ3v) is 5.38. The van der Waals surface area contributed by atoms with Gasteiger partial charge in [-0.1, -0.05) is 42.5 Å². The van der Waals surface area contributed by atoms with Crippen molar-refractivity contribution >= 4 is 16.8 Å². The molecule has 0 spiro atoms. The second kappa shape index (κ2) is 7.74. The van der Waals surface area contributed by atoms with Crippen molar-refractivity contribution in [2.75, 3.05) is 0 Å². The molecule has 6 nitrogen and oxygen atoms in total. The minimum Gasteiger partial charge on any atom is -0.268 e. The molecule has 0 fully saturated rings. The predicted molar refractivity (Wildman–Crippen MR) is 124 cm³/mol. The molecular weight excluding hydrogens is 400 g/mol. The van der Waals surface area contributed by atoms with E-state index in [1.807, 2.05) is 68.4 Å². The third kappa shape index (κ3) is 3.32. The molecular formula is C26H20N4O2. The van der Waals surface area contributed by atoms with E-state index >= 15 is 0 Å². The highest BCUT2D eigenvalue weighted by Crippen LogP contribution is 2.22. The van der Waals surface area contributed by atoms with Crippen LogP contribution >= 0.6 is 0 Å². The van der Waals surface area contributed by atoms with E-state index in [4.69, 9.17) is 4.98 Å². The molecule has 0 unspecified atom stereocenters. The number of hydrogen-bond acceptors (Lipinski definition) is 4. The lowest BCUT2D eigenvalue weighted by molar-refractivity contribution is 0.0942. The van der Waals surface area contributed by atoms with Crippen molar-refractivity contribution in [1.29, 1.82) is 0 Å². The zero-order valence-electron chi connectivity index (χ0n) is 17.7. The summed E-state index contributed by atoms with van der Waals surface area (Å²) in [6.45, 7) is 3.70. The van der Waals surface area contributed by atoms with E-state index in [1.54, 1.807) is 34.9 Å². The molecule has 0 aliphatic heterocycles. The minimum absolute atomic E-state index is 0.160. The molecule has 5 aromatic rings. The smallest absolute Gasteiger partial charge is 0.268 e. The second-order valence-electron chi connectivity index (χ2n) is 7.65. The van der Waals surface area contributed by atoms with Crippen molar-refractivity contribution in [1.82, 2.24) is 19.3 Å². The zero-order valence-corrected chi connectivity index (χ0v) is 17.7. The molecule has 0 radical (unpaired) electrons. The summed E-state index contributed by atoms with van der Waals surface area (Å²) in [6, 6.07) is 25.7. The quantitative estimate of drug-likeness (QED) is 0.429. The van der Waals surface area contributed by atoms with Gasteiger partial charge in [-0.3, -0.25) is 14.2 Å². The fraction of sp³-hybridized carbons (Fsp3) is 0.0769. The highest BCUT2D eigenvalue weighted by Gasteiger charge is 2.16. The van der Waals surface area contributed by atoms with Crippen LogP contribution in [-0.4, -0.2) is 25.2 Å². The maximum absolute atomic E-state index is 13.5. The van der Waals surface area contributed by atoms with Gasteiger partial charge in [0.1, 0.15) is 5.82 Å². The van der Waals surface area contributed by atoms with Crippen molar-refractivity contribution in [2.45, 2.75) is 13.8 Å². The van der Waals surface area contributed by atoms with Crippen molar-refractivity contribution in [3.8, 4) is 17.1 Å². The summed E-state index contributed by atoms with van der Waals surface area (Å²) in [5.41, 5.74) is 4.00. The van der Waals surface area contributed by atoms with Crippen LogP contribution in [0.5, 0.6) is 0 Å². The molecule has 0 atom stereocenters. The zero-order chi connectivity index (χ0) is 22.2. The van der Waals surface area contributed by atoms with Crippen molar-refractivity contribution in [3.63, 3.8) is 0 Å². The standard InChI is InChI=1S/C26H20N4O2/c1-17-16-18(2)30(28-17)25(31)20-12-14-21(15-13-20)29-24(19-8-4-3-5-9-19)27-23-11-7-6-10-22(23)26(29)32/h3-16H,1-2H3. The first-order valence-electron chi connectivity index (χ1n) is 10.3. The molecule has 0 amide bonds. The van der Waals surface area contributed by atoms with Gasteiger partial charge in [-0.2, -0.15) is 5.10 Å². The molecule has 0 aliphatic carbocycles. The van der Waals surface area contributed by atoms with Crippen molar-refractivity contribution < 1.29 is 4.79 Å². The molecule has 3 aromatic carbocycles. The minimum atomic E-state index is -0.214. The molecule has 0 bridgehead atoms. The van der Waals surface area contributed by atoms with Gasteiger partial charge in [0.2, 0.25) is 0 Å². The Kier molecular flexibility index (Phi) is 4.75. The summed E-state index contributed by atoms with van der Waals surface area (Å²) in [7, 11) is 0. The molecule has 0 N–H and O–H groups in total. The Balaban J connectivity index is 1.66. The fourth-order valence-corrected chi connectivity index (χ4v) is 3.86. The van der Waals surface area contributed by atoms with E-state index in [1.165, 1.54) is 4.68 Å². The van der Waals surface area contributed by atoms with E-state index in [2.05, 4.69) is 5.10 Å². The van der Waals surface area contributed by atoms with Crippen LogP contribution in [0.15, 0.2) is 89.7 Å². The summed E-state index contributed by atoms with van der Waals surface area (Å²) in [5.74, 6) is 0.335. The van der Waals surface area contributed by atoms with E-state index in [0.29, 0.717) is 28.0 Å². The van der Waals surface area contributed by atoms with E-state index < -0.39 is 0 Å². The number of fused-ring (bicyclic) bond motifs is 1. The van der Waals surface area contributed by atoms with Gasteiger partial charge in [0.25, 0.3) is 11.5 Å². The fourth-order valence-electron chi connectivity index (χ4n) is 3.86. The maximum Gasteiger partial charge on any atom is 0.278 e. The number of benzene rings is 3. The molecule has 6 heteroatoms. The number of carbonyl (C=O) groups is 1. The molecule has 0 aliphatic rings. The first kappa shape index (κ1) is 19.6. The average molecular weight is 420 g/mol. The normalized spacial score (nSPS) is 11.1. The Hall–Kier alpha value is -4.32. The van der Waals surface area contributed by atoms with E-state index in [-0.39, 0.29) is 11.5 Å². The van der Waals surface area contributed by atoms with Gasteiger partial charge < -0.3 is 0 Å². The summed E-state index contributed by atoms with van der Waals surface area (Å²) >= 11 is 0. The van der Waals surface area contributed by atoms with Crippen LogP contribution in [0, 0.1) is 13.8 Å². The maximum atomic E-state index is 13.5. The number of aromatic nitrogens is 4. The molecule has 156 valence electrons. The number of para-hydroxylation sites is 1. The molecule has 5 rings (SSSR count). The van der Waals surface area contributed by atoms with Gasteiger partial charge >= 0.3 is 0 Å². The molecule has 0 saturated heterocycles. The predicted octanol–water partition coefficient (Wildman–Crippen LogP) is 4.55. The molecule has 0 saturated carbocycles. The van der Waals surface area contributed by atoms with Crippen LogP contribution in [0.3, 0.4) is 0 Å². The number of carbonyl (C=O) groups excluding carboxylic acids is 1. The first-order chi connectivity index (χ1) is 15.5. The van der Waals surface area contributed by atoms with Gasteiger partial charge in [-0.15, -0.1) is 0 Å². The van der Waals surface area contributed by atoms with Crippen LogP contribution in [0.1, 0.15) is 21.7 Å². The Morgan fingerprint density at radius 1 is 0.844 bits per heavy atom. The Morgan fingerprint density at radius 3 is 2.22 bits per heavy atom. The summed E-state index contributed by atoms with van der Waals surface area (Å²) in [4.78, 5) is 31.1. The lowest BCUT2D eigenvalue weighted by atomic mass is 10.1. The summed E-state index contributed by atoms with van der Waals surface area (Å²) < 4.78 is 2.98. The Bertz CT molecular complexity index is 1510. The van der Waals surface area contributed by atoms with Crippen molar-refractivity contribution in [3.05, 3.63) is 112 Å². The monoisotopic (exact) mass is 420 g/mol. The number of nitrogens with zero attached hydrogens (tertiary/aromatic N) is 4. The van der Waals surface area contributed by atoms with Gasteiger partial charge in [-0.05, 0) is 56.3 Å². The first-order valence-corrected chi connectivity index (χ1v) is 10.3. The number of hydrogen-bond donors (Lipinski definition) is 0. The number of aryl methyl sites for hydroxylation is 2. The van der Waals surface area contributed by atoms with E-state index in [9.17, 15) is 9.59 Å². The summed E-state index contributed by atoms with van der Waals surface area (Å²) in [6.07, 6.45) is 0. The molecule has 2 heterocycles. The van der Waals surface area contributed by atoms with Crippen LogP contribution in [0.4, 0.5) is 0 Å². The summed E-state index contributed by atoms with van der Waals surface area (Å²) in [5, 5.41) is 4.81. The van der Waals surface area contributed by atoms with E-state index in [0.717, 1.165) is 17.0 Å². The van der Waals surface area contributed by atoms with Gasteiger partial charge in [0.05, 0.1) is 22.3 Å². The third-order valence-electron chi connectivity index (χ3n) is 5.38. The van der Waals surface area contributed by atoms with Gasteiger partial charge in [-0.25, -0.2) is 9.67 Å². The number of rotatable bonds is 3. The SMILES string of the molecule is Cc1cc(C)n(C(=O)c2ccc(-n3c(-c4ccccc4)nc4ccccc4c3=O)cc2)n1. The topological polar surface area (TPSA) is 69.8 Å². The molecule has 32 heavy (non-hydrogen) atoms. The lowest BCUT2D eigenvalue weighted by Gasteiger charge is -2.14. The van der Waals surface area contributed by atoms with Crippen LogP contribution in [0.25, 0.3) is 28.0 Å². The van der Waals surface area contributed by atoms with Gasteiger partial charge in [0, 0.05) is 16.8 Å². The van der Waals surface area contributed by atoms with Crippen molar-refractivity contribution in [2.24, 2.45) is 0 Å². The van der Waals surface area contributed by atoms with Crippen LogP contribution in [-0.2, 0) is 0 Å². The molecule has 2 aromatic heterocycles. The average Bonchev–Trinajstić information content (AvgIpc) is 3.17.